The van der Waals surface area contributed by atoms with Gasteiger partial charge in [-0.3, -0.25) is 9.59 Å². The van der Waals surface area contributed by atoms with E-state index >= 15 is 0 Å². The van der Waals surface area contributed by atoms with E-state index < -0.39 is 0 Å². The number of nitrogens with one attached hydrogen (secondary N) is 2. The molecule has 3 aromatic rings. The Morgan fingerprint density at radius 2 is 1.87 bits per heavy atom. The number of hydrogen-bond donors (Lipinski definition) is 2. The van der Waals surface area contributed by atoms with E-state index in [0.717, 1.165) is 16.9 Å². The maximum absolute atomic E-state index is 12.4. The zero-order valence-electron chi connectivity index (χ0n) is 17.0. The van der Waals surface area contributed by atoms with Crippen LogP contribution in [-0.4, -0.2) is 28.1 Å². The molecule has 2 aromatic carbocycles. The van der Waals surface area contributed by atoms with Gasteiger partial charge in [0.05, 0.1) is 34.4 Å². The molecule has 0 atom stereocenters. The summed E-state index contributed by atoms with van der Waals surface area (Å²) < 4.78 is 1.71. The number of anilines is 1. The Morgan fingerprint density at radius 1 is 1.10 bits per heavy atom. The molecule has 0 radical (unpaired) electrons. The second kappa shape index (κ2) is 9.69. The van der Waals surface area contributed by atoms with Crippen molar-refractivity contribution >= 4 is 40.7 Å². The number of terminal acetylenes is 1. The van der Waals surface area contributed by atoms with Gasteiger partial charge in [0.25, 0.3) is 0 Å². The van der Waals surface area contributed by atoms with Crippen LogP contribution in [0.3, 0.4) is 0 Å². The Morgan fingerprint density at radius 3 is 2.58 bits per heavy atom. The molecule has 2 N–H and O–H groups in total. The van der Waals surface area contributed by atoms with E-state index in [9.17, 15) is 9.59 Å². The molecule has 0 aliphatic rings. The first-order valence-electron chi connectivity index (χ1n) is 9.42. The van der Waals surface area contributed by atoms with E-state index in [4.69, 9.17) is 29.6 Å². The molecule has 0 unspecified atom stereocenters. The fourth-order valence-corrected chi connectivity index (χ4v) is 3.39. The van der Waals surface area contributed by atoms with Gasteiger partial charge >= 0.3 is 0 Å². The van der Waals surface area contributed by atoms with Crippen LogP contribution in [0.15, 0.2) is 42.5 Å². The number of rotatable bonds is 6. The second-order valence-corrected chi connectivity index (χ2v) is 7.70. The smallest absolute Gasteiger partial charge is 0.243 e. The Balaban J connectivity index is 1.63. The minimum atomic E-state index is -0.345. The molecule has 0 saturated heterocycles. The number of carbonyl (C=O) groups is 2. The van der Waals surface area contributed by atoms with Crippen LogP contribution in [0, 0.1) is 26.2 Å². The van der Waals surface area contributed by atoms with Gasteiger partial charge in [0, 0.05) is 22.5 Å². The van der Waals surface area contributed by atoms with Gasteiger partial charge in [-0.1, -0.05) is 35.2 Å². The number of aromatic nitrogens is 2. The van der Waals surface area contributed by atoms with Crippen LogP contribution in [0.1, 0.15) is 22.5 Å². The van der Waals surface area contributed by atoms with E-state index in [1.54, 1.807) is 47.1 Å². The lowest BCUT2D eigenvalue weighted by Crippen LogP contribution is -2.34. The number of benzene rings is 2. The van der Waals surface area contributed by atoms with Gasteiger partial charge in [0.1, 0.15) is 0 Å². The van der Waals surface area contributed by atoms with Crippen molar-refractivity contribution in [3.63, 3.8) is 0 Å². The number of carbonyl (C=O) groups excluding carboxylic acids is 2. The summed E-state index contributed by atoms with van der Waals surface area (Å²) in [6.45, 7) is 3.54. The van der Waals surface area contributed by atoms with Crippen LogP contribution in [0.2, 0.25) is 10.0 Å². The lowest BCUT2D eigenvalue weighted by atomic mass is 10.1. The summed E-state index contributed by atoms with van der Waals surface area (Å²) in [6, 6.07) is 12.1. The number of nitrogens with zero attached hydrogens (tertiary/aromatic N) is 2. The molecule has 6 nitrogen and oxygen atoms in total. The standard InChI is InChI=1S/C23H20Cl2N4O2/c1-4-16-6-5-7-17(10-16)27-23(31)13-26-22(30)12-19-14(2)28-29(15(19)3)18-8-9-20(24)21(25)11-18/h1,5-11H,12-13H2,2-3H3,(H,26,30)(H,27,31). The molecule has 0 aliphatic heterocycles. The molecule has 0 saturated carbocycles. The van der Waals surface area contributed by atoms with E-state index in [1.807, 2.05) is 13.8 Å². The van der Waals surface area contributed by atoms with Crippen LogP contribution in [-0.2, 0) is 16.0 Å². The summed E-state index contributed by atoms with van der Waals surface area (Å²) >= 11 is 12.1. The van der Waals surface area contributed by atoms with Crippen LogP contribution in [0.4, 0.5) is 5.69 Å². The van der Waals surface area contributed by atoms with Crippen LogP contribution in [0.25, 0.3) is 5.69 Å². The maximum Gasteiger partial charge on any atom is 0.243 e. The fourth-order valence-electron chi connectivity index (χ4n) is 3.09. The highest BCUT2D eigenvalue weighted by atomic mass is 35.5. The molecule has 0 aliphatic carbocycles. The molecule has 8 heteroatoms. The van der Waals surface area contributed by atoms with Crippen LogP contribution in [0.5, 0.6) is 0 Å². The summed E-state index contributed by atoms with van der Waals surface area (Å²) in [5, 5.41) is 10.7. The molecule has 2 amide bonds. The number of aryl methyl sites for hydroxylation is 1. The van der Waals surface area contributed by atoms with Crippen molar-refractivity contribution in [3.8, 4) is 18.0 Å². The normalized spacial score (nSPS) is 10.4. The van der Waals surface area contributed by atoms with Crippen molar-refractivity contribution < 1.29 is 9.59 Å². The molecular weight excluding hydrogens is 435 g/mol. The average molecular weight is 455 g/mol. The van der Waals surface area contributed by atoms with Gasteiger partial charge < -0.3 is 10.6 Å². The molecule has 31 heavy (non-hydrogen) atoms. The number of hydrogen-bond acceptors (Lipinski definition) is 3. The number of amides is 2. The van der Waals surface area contributed by atoms with Crippen molar-refractivity contribution in [3.05, 3.63) is 75.0 Å². The summed E-state index contributed by atoms with van der Waals surface area (Å²) in [5.74, 6) is 1.88. The SMILES string of the molecule is C#Cc1cccc(NC(=O)CNC(=O)Cc2c(C)nn(-c3ccc(Cl)c(Cl)c3)c2C)c1. The predicted octanol–water partition coefficient (Wildman–Crippen LogP) is 4.07. The summed E-state index contributed by atoms with van der Waals surface area (Å²) in [6.07, 6.45) is 5.46. The first kappa shape index (κ1) is 22.4. The Hall–Kier alpha value is -3.27. The largest absolute Gasteiger partial charge is 0.347 e. The Kier molecular flexibility index (Phi) is 7.01. The third kappa shape index (κ3) is 5.46. The minimum Gasteiger partial charge on any atom is -0.347 e. The zero-order valence-corrected chi connectivity index (χ0v) is 18.5. The second-order valence-electron chi connectivity index (χ2n) is 6.89. The molecule has 1 heterocycles. The lowest BCUT2D eigenvalue weighted by Gasteiger charge is -2.08. The van der Waals surface area contributed by atoms with Gasteiger partial charge in [-0.05, 0) is 50.2 Å². The van der Waals surface area contributed by atoms with E-state index in [0.29, 0.717) is 27.0 Å². The topological polar surface area (TPSA) is 76.0 Å². The highest BCUT2D eigenvalue weighted by Crippen LogP contribution is 2.26. The van der Waals surface area contributed by atoms with Crippen molar-refractivity contribution in [2.75, 3.05) is 11.9 Å². The minimum absolute atomic E-state index is 0.0961. The molecule has 3 rings (SSSR count). The first-order valence-corrected chi connectivity index (χ1v) is 10.2. The fraction of sp³-hybridized carbons (Fsp3) is 0.174. The highest BCUT2D eigenvalue weighted by molar-refractivity contribution is 6.42. The highest BCUT2D eigenvalue weighted by Gasteiger charge is 2.17. The Bertz CT molecular complexity index is 1190. The third-order valence-electron chi connectivity index (χ3n) is 4.69. The average Bonchev–Trinajstić information content (AvgIpc) is 3.02. The molecule has 158 valence electrons. The molecule has 0 spiro atoms. The van der Waals surface area contributed by atoms with Crippen molar-refractivity contribution in [2.24, 2.45) is 0 Å². The monoisotopic (exact) mass is 454 g/mol. The number of halogens is 2. The Labute approximate surface area is 190 Å². The van der Waals surface area contributed by atoms with E-state index in [1.165, 1.54) is 0 Å². The van der Waals surface area contributed by atoms with E-state index in [-0.39, 0.29) is 24.8 Å². The van der Waals surface area contributed by atoms with Gasteiger partial charge in [0.15, 0.2) is 0 Å². The molecule has 0 bridgehead atoms. The van der Waals surface area contributed by atoms with Crippen LogP contribution >= 0.6 is 23.2 Å². The van der Waals surface area contributed by atoms with Crippen molar-refractivity contribution in [1.82, 2.24) is 15.1 Å². The van der Waals surface area contributed by atoms with Gasteiger partial charge in [0.2, 0.25) is 11.8 Å². The summed E-state index contributed by atoms with van der Waals surface area (Å²) in [4.78, 5) is 24.6. The van der Waals surface area contributed by atoms with Gasteiger partial charge in [-0.15, -0.1) is 6.42 Å². The predicted molar refractivity (Wildman–Crippen MR) is 123 cm³/mol. The maximum atomic E-state index is 12.4. The molecule has 0 fully saturated rings. The lowest BCUT2D eigenvalue weighted by molar-refractivity contribution is -0.123. The zero-order chi connectivity index (χ0) is 22.5. The van der Waals surface area contributed by atoms with Crippen molar-refractivity contribution in [2.45, 2.75) is 20.3 Å². The quantitative estimate of drug-likeness (QED) is 0.551. The van der Waals surface area contributed by atoms with E-state index in [2.05, 4.69) is 21.7 Å². The van der Waals surface area contributed by atoms with Crippen molar-refractivity contribution in [1.29, 1.82) is 0 Å². The first-order chi connectivity index (χ1) is 14.8. The van der Waals surface area contributed by atoms with Crippen LogP contribution < -0.4 is 10.6 Å². The summed E-state index contributed by atoms with van der Waals surface area (Å²) in [7, 11) is 0. The van der Waals surface area contributed by atoms with Gasteiger partial charge in [-0.2, -0.15) is 5.10 Å². The summed E-state index contributed by atoms with van der Waals surface area (Å²) in [5.41, 5.74) is 4.29. The third-order valence-corrected chi connectivity index (χ3v) is 5.42. The molecular formula is C23H20Cl2N4O2. The molecule has 1 aromatic heterocycles. The van der Waals surface area contributed by atoms with Gasteiger partial charge in [-0.25, -0.2) is 4.68 Å².